The fourth-order valence-corrected chi connectivity index (χ4v) is 10.2. The highest BCUT2D eigenvalue weighted by molar-refractivity contribution is 6.25. The van der Waals surface area contributed by atoms with E-state index in [4.69, 9.17) is 9.84 Å². The molecule has 14 nitrogen and oxygen atoms in total. The Balaban J connectivity index is 0.730. The number of ether oxygens (including phenoxy) is 1. The van der Waals surface area contributed by atoms with E-state index in [0.29, 0.717) is 52.4 Å². The lowest BCUT2D eigenvalue weighted by Crippen LogP contribution is -2.63. The van der Waals surface area contributed by atoms with Gasteiger partial charge in [-0.2, -0.15) is 18.3 Å². The Morgan fingerprint density at radius 1 is 0.984 bits per heavy atom. The number of hydrogen-bond acceptors (Lipinski definition) is 10. The van der Waals surface area contributed by atoms with Crippen LogP contribution in [0.1, 0.15) is 101 Å². The van der Waals surface area contributed by atoms with Crippen LogP contribution in [0, 0.1) is 23.2 Å². The summed E-state index contributed by atoms with van der Waals surface area (Å²) in [4.78, 5) is 70.9. The zero-order valence-electron chi connectivity index (χ0n) is 33.9. The molecule has 2 atom stereocenters. The number of amides is 5. The molecule has 61 heavy (non-hydrogen) atoms. The molecule has 1 spiro atoms. The van der Waals surface area contributed by atoms with Crippen molar-refractivity contribution in [1.82, 2.24) is 29.9 Å². The number of hydrogen-bond donors (Lipinski definition) is 3. The Morgan fingerprint density at radius 3 is 2.46 bits per heavy atom. The summed E-state index contributed by atoms with van der Waals surface area (Å²) in [5.41, 5.74) is 1.02. The molecule has 2 saturated carbocycles. The summed E-state index contributed by atoms with van der Waals surface area (Å²) >= 11 is 0. The zero-order chi connectivity index (χ0) is 42.8. The third-order valence-corrected chi connectivity index (χ3v) is 13.5. The molecule has 5 amide bonds. The molecular weight excluding hydrogens is 794 g/mol. The number of rotatable bonds is 11. The Hall–Kier alpha value is -5.84. The van der Waals surface area contributed by atoms with Crippen LogP contribution >= 0.6 is 0 Å². The van der Waals surface area contributed by atoms with Crippen molar-refractivity contribution in [1.29, 1.82) is 0 Å². The minimum Gasteiger partial charge on any atom is -0.494 e. The zero-order valence-corrected chi connectivity index (χ0v) is 33.9. The van der Waals surface area contributed by atoms with Crippen molar-refractivity contribution in [3.05, 3.63) is 77.2 Å². The summed E-state index contributed by atoms with van der Waals surface area (Å²) in [6.07, 6.45) is 3.97. The number of aromatic nitrogens is 3. The number of benzene rings is 2. The Morgan fingerprint density at radius 2 is 1.74 bits per heavy atom. The van der Waals surface area contributed by atoms with Gasteiger partial charge in [0.05, 0.1) is 35.5 Å². The Labute approximate surface area is 349 Å². The van der Waals surface area contributed by atoms with Crippen LogP contribution in [-0.2, 0) is 15.8 Å². The number of likely N-dealkylation sites (tertiary alicyclic amines) is 1. The second-order valence-electron chi connectivity index (χ2n) is 17.6. The summed E-state index contributed by atoms with van der Waals surface area (Å²) in [6.45, 7) is 6.18. The van der Waals surface area contributed by atoms with Crippen molar-refractivity contribution in [2.75, 3.05) is 43.9 Å². The second kappa shape index (κ2) is 15.6. The first-order valence-corrected chi connectivity index (χ1v) is 20.9. The van der Waals surface area contributed by atoms with Gasteiger partial charge in [-0.1, -0.05) is 19.1 Å². The SMILES string of the molecule is COc1cc2nn([C@H]3CC[C@H](CN4CC5(CC([C@@H](C)CNc6cccc7c6C(=O)N(C6CCC(=O)NC6=O)C7=O)C5)C4)CC3)cc2cc1NC(=O)c1cccc(C(F)(F)F)n1. The third kappa shape index (κ3) is 7.72. The van der Waals surface area contributed by atoms with E-state index < -0.39 is 47.4 Å². The van der Waals surface area contributed by atoms with Crippen LogP contribution in [-0.4, -0.2) is 93.4 Å². The molecule has 0 bridgehead atoms. The molecule has 2 aromatic carbocycles. The fraction of sp³-hybridized carbons (Fsp3) is 0.477. The standard InChI is InChI=1S/C44H47F3N8O6/c1-24(19-48-30-6-3-5-29-38(30)42(60)55(41(29)59)34-13-14-37(56)51-40(34)58)27-17-43(18-27)22-53(23-43)20-25-9-11-28(12-10-25)54-21-26-15-33(35(61-2)16-32(26)52-54)50-39(57)31-7-4-8-36(49-31)44(45,46)47/h3-8,15-16,21,24-25,27-28,34,48H,9-14,17-20,22-23H2,1-2H3,(H,50,57)(H,51,56,58)/t24-,25-,28-,34?/m0/s1. The van der Waals surface area contributed by atoms with E-state index in [1.807, 2.05) is 10.9 Å². The van der Waals surface area contributed by atoms with Gasteiger partial charge in [0.25, 0.3) is 17.7 Å². The van der Waals surface area contributed by atoms with Crippen LogP contribution in [0.3, 0.4) is 0 Å². The number of alkyl halides is 3. The molecule has 0 radical (unpaired) electrons. The van der Waals surface area contributed by atoms with E-state index in [9.17, 15) is 37.1 Å². The molecule has 5 aliphatic rings. The third-order valence-electron chi connectivity index (χ3n) is 13.5. The Kier molecular flexibility index (Phi) is 10.4. The Bertz CT molecular complexity index is 2430. The summed E-state index contributed by atoms with van der Waals surface area (Å²) in [5, 5.41) is 13.9. The van der Waals surface area contributed by atoms with Crippen LogP contribution < -0.4 is 20.7 Å². The number of methoxy groups -OCH3 is 1. The summed E-state index contributed by atoms with van der Waals surface area (Å²) < 4.78 is 47.0. The maximum absolute atomic E-state index is 13.5. The summed E-state index contributed by atoms with van der Waals surface area (Å²) in [6, 6.07) is 11.0. The predicted octanol–water partition coefficient (Wildman–Crippen LogP) is 6.30. The van der Waals surface area contributed by atoms with Crippen LogP contribution in [0.25, 0.3) is 10.9 Å². The lowest BCUT2D eigenvalue weighted by Gasteiger charge is -2.61. The number of carbonyl (C=O) groups excluding carboxylic acids is 5. The summed E-state index contributed by atoms with van der Waals surface area (Å²) in [5.74, 6) is -0.960. The fourth-order valence-electron chi connectivity index (χ4n) is 10.2. The van der Waals surface area contributed by atoms with Crippen LogP contribution in [0.5, 0.6) is 5.75 Å². The van der Waals surface area contributed by atoms with Gasteiger partial charge >= 0.3 is 6.18 Å². The molecule has 2 saturated heterocycles. The van der Waals surface area contributed by atoms with Crippen molar-refractivity contribution >= 4 is 51.8 Å². The lowest BCUT2D eigenvalue weighted by atomic mass is 9.54. The van der Waals surface area contributed by atoms with Gasteiger partial charge in [-0.05, 0) is 98.4 Å². The van der Waals surface area contributed by atoms with E-state index in [1.54, 1.807) is 30.3 Å². The van der Waals surface area contributed by atoms with Gasteiger partial charge < -0.3 is 20.3 Å². The van der Waals surface area contributed by atoms with Gasteiger partial charge in [0.15, 0.2) is 0 Å². The van der Waals surface area contributed by atoms with Crippen molar-refractivity contribution in [3.63, 3.8) is 0 Å². The molecule has 3 aliphatic heterocycles. The maximum atomic E-state index is 13.5. The van der Waals surface area contributed by atoms with Gasteiger partial charge in [-0.15, -0.1) is 0 Å². The molecule has 2 aromatic heterocycles. The molecule has 3 N–H and O–H groups in total. The number of fused-ring (bicyclic) bond motifs is 2. The summed E-state index contributed by atoms with van der Waals surface area (Å²) in [7, 11) is 1.45. The number of halogens is 3. The molecule has 17 heteroatoms. The van der Waals surface area contributed by atoms with E-state index in [1.165, 1.54) is 13.2 Å². The molecule has 2 aliphatic carbocycles. The second-order valence-corrected chi connectivity index (χ2v) is 17.6. The number of pyridine rings is 1. The topological polar surface area (TPSA) is 168 Å². The van der Waals surface area contributed by atoms with Crippen molar-refractivity contribution < 1.29 is 41.9 Å². The number of imide groups is 2. The van der Waals surface area contributed by atoms with Crippen LogP contribution in [0.2, 0.25) is 0 Å². The molecule has 5 heterocycles. The highest BCUT2D eigenvalue weighted by Gasteiger charge is 2.53. The number of piperidine rings is 1. The van der Waals surface area contributed by atoms with Gasteiger partial charge in [0, 0.05) is 55.9 Å². The van der Waals surface area contributed by atoms with E-state index >= 15 is 0 Å². The molecule has 4 fully saturated rings. The van der Waals surface area contributed by atoms with Gasteiger partial charge in [0.1, 0.15) is 23.2 Å². The normalized spacial score (nSPS) is 23.4. The average molecular weight is 841 g/mol. The number of nitrogens with zero attached hydrogens (tertiary/aromatic N) is 5. The molecule has 4 aromatic rings. The van der Waals surface area contributed by atoms with Crippen molar-refractivity contribution in [2.45, 2.75) is 76.6 Å². The largest absolute Gasteiger partial charge is 0.494 e. The van der Waals surface area contributed by atoms with Gasteiger partial charge in [0.2, 0.25) is 11.8 Å². The molecule has 320 valence electrons. The minimum absolute atomic E-state index is 0.0760. The lowest BCUT2D eigenvalue weighted by molar-refractivity contribution is -0.141. The van der Waals surface area contributed by atoms with E-state index in [2.05, 4.69) is 32.8 Å². The first kappa shape index (κ1) is 40.6. The first-order chi connectivity index (χ1) is 29.2. The highest BCUT2D eigenvalue weighted by atomic mass is 19.4. The molecule has 1 unspecified atom stereocenters. The van der Waals surface area contributed by atoms with Gasteiger partial charge in [-0.25, -0.2) is 4.98 Å². The van der Waals surface area contributed by atoms with Crippen molar-refractivity contribution in [2.24, 2.45) is 23.2 Å². The maximum Gasteiger partial charge on any atom is 0.433 e. The number of nitrogens with one attached hydrogen (secondary N) is 3. The monoisotopic (exact) mass is 840 g/mol. The first-order valence-electron chi connectivity index (χ1n) is 20.9. The molecule has 9 rings (SSSR count). The quantitative estimate of drug-likeness (QED) is 0.146. The number of anilines is 2. The average Bonchev–Trinajstić information content (AvgIpc) is 3.74. The van der Waals surface area contributed by atoms with E-state index in [0.717, 1.165) is 80.6 Å². The minimum atomic E-state index is -4.67. The molecular formula is C44H47F3N8O6. The van der Waals surface area contributed by atoms with Crippen molar-refractivity contribution in [3.8, 4) is 5.75 Å². The van der Waals surface area contributed by atoms with Crippen LogP contribution in [0.15, 0.2) is 54.7 Å². The smallest absolute Gasteiger partial charge is 0.433 e. The van der Waals surface area contributed by atoms with Gasteiger partial charge in [-0.3, -0.25) is 38.9 Å². The van der Waals surface area contributed by atoms with E-state index in [-0.39, 0.29) is 35.7 Å². The number of carbonyl (C=O) groups is 5. The predicted molar refractivity (Wildman–Crippen MR) is 217 cm³/mol. The highest BCUT2D eigenvalue weighted by Crippen LogP contribution is 2.55. The van der Waals surface area contributed by atoms with Crippen LogP contribution in [0.4, 0.5) is 24.5 Å².